The number of benzene rings is 5. The number of anilines is 1. The summed E-state index contributed by atoms with van der Waals surface area (Å²) in [5, 5.41) is 7.57. The molecule has 0 aliphatic heterocycles. The van der Waals surface area contributed by atoms with E-state index in [4.69, 9.17) is 0 Å². The van der Waals surface area contributed by atoms with E-state index in [1.165, 1.54) is 55.4 Å². The van der Waals surface area contributed by atoms with Gasteiger partial charge in [0.15, 0.2) is 0 Å². The monoisotopic (exact) mass is 462 g/mol. The highest BCUT2D eigenvalue weighted by Gasteiger charge is 2.21. The molecular formula is C34H26N2. The Bertz CT molecular complexity index is 1720. The summed E-state index contributed by atoms with van der Waals surface area (Å²) in [4.78, 5) is 0. The Morgan fingerprint density at radius 1 is 0.583 bits per heavy atom. The molecule has 0 unspecified atom stereocenters. The maximum atomic E-state index is 3.70. The largest absolute Gasteiger partial charge is 0.359 e. The standard InChI is InChI=1S/C34H26N2/c1-3-9-24(10-4-1)25-15-17-28(18-16-25)35-29-19-20-33-32(23-29)31-21-26-11-7-8-12-27(26)22-34(31)36(33)30-13-5-2-6-14-30/h1-18,21-23,35H,19-20H2. The van der Waals surface area contributed by atoms with Crippen molar-refractivity contribution >= 4 is 33.4 Å². The van der Waals surface area contributed by atoms with Gasteiger partial charge in [0.1, 0.15) is 0 Å². The van der Waals surface area contributed by atoms with Crippen molar-refractivity contribution in [3.8, 4) is 16.8 Å². The van der Waals surface area contributed by atoms with E-state index >= 15 is 0 Å². The molecule has 172 valence electrons. The second-order valence-corrected chi connectivity index (χ2v) is 9.49. The number of fused-ring (bicyclic) bond motifs is 4. The number of para-hydroxylation sites is 1. The third-order valence-corrected chi connectivity index (χ3v) is 7.24. The topological polar surface area (TPSA) is 17.0 Å². The molecule has 6 aromatic rings. The fraction of sp³-hybridized carbons (Fsp3) is 0.0588. The lowest BCUT2D eigenvalue weighted by Crippen LogP contribution is -2.09. The van der Waals surface area contributed by atoms with Crippen molar-refractivity contribution in [2.45, 2.75) is 12.8 Å². The highest BCUT2D eigenvalue weighted by atomic mass is 15.0. The van der Waals surface area contributed by atoms with Gasteiger partial charge in [0.2, 0.25) is 0 Å². The van der Waals surface area contributed by atoms with Crippen molar-refractivity contribution in [1.82, 2.24) is 4.57 Å². The molecule has 1 aromatic heterocycles. The predicted octanol–water partition coefficient (Wildman–Crippen LogP) is 8.85. The van der Waals surface area contributed by atoms with E-state index in [9.17, 15) is 0 Å². The first-order valence-electron chi connectivity index (χ1n) is 12.6. The van der Waals surface area contributed by atoms with Crippen LogP contribution in [0.15, 0.2) is 127 Å². The van der Waals surface area contributed by atoms with Gasteiger partial charge in [0, 0.05) is 33.7 Å². The lowest BCUT2D eigenvalue weighted by Gasteiger charge is -2.19. The molecule has 2 nitrogen and oxygen atoms in total. The number of hydrogen-bond acceptors (Lipinski definition) is 1. The van der Waals surface area contributed by atoms with E-state index < -0.39 is 0 Å². The molecule has 0 atom stereocenters. The zero-order valence-electron chi connectivity index (χ0n) is 20.0. The summed E-state index contributed by atoms with van der Waals surface area (Å²) in [7, 11) is 0. The molecule has 1 aliphatic rings. The van der Waals surface area contributed by atoms with Gasteiger partial charge in [-0.1, -0.05) is 84.9 Å². The van der Waals surface area contributed by atoms with Gasteiger partial charge >= 0.3 is 0 Å². The normalized spacial score (nSPS) is 12.9. The van der Waals surface area contributed by atoms with Crippen LogP contribution < -0.4 is 5.32 Å². The van der Waals surface area contributed by atoms with Gasteiger partial charge in [0.05, 0.1) is 5.52 Å². The average molecular weight is 463 g/mol. The SMILES string of the molecule is C1=C(Nc2ccc(-c3ccccc3)cc2)CCc2c1c1cc3ccccc3cc1n2-c1ccccc1. The van der Waals surface area contributed by atoms with Crippen molar-refractivity contribution in [2.75, 3.05) is 5.32 Å². The van der Waals surface area contributed by atoms with Crippen LogP contribution in [-0.2, 0) is 6.42 Å². The maximum absolute atomic E-state index is 3.70. The lowest BCUT2D eigenvalue weighted by molar-refractivity contribution is 0.859. The third-order valence-electron chi connectivity index (χ3n) is 7.24. The number of aromatic nitrogens is 1. The third kappa shape index (κ3) is 3.59. The van der Waals surface area contributed by atoms with Crippen LogP contribution in [0.4, 0.5) is 5.69 Å². The van der Waals surface area contributed by atoms with E-state index in [2.05, 4.69) is 137 Å². The van der Waals surface area contributed by atoms with Crippen molar-refractivity contribution in [2.24, 2.45) is 0 Å². The summed E-state index contributed by atoms with van der Waals surface area (Å²) in [5.41, 5.74) is 10.1. The van der Waals surface area contributed by atoms with Crippen LogP contribution in [0.1, 0.15) is 17.7 Å². The molecule has 1 heterocycles. The Morgan fingerprint density at radius 2 is 1.22 bits per heavy atom. The zero-order chi connectivity index (χ0) is 23.9. The van der Waals surface area contributed by atoms with Crippen molar-refractivity contribution < 1.29 is 0 Å². The fourth-order valence-electron chi connectivity index (χ4n) is 5.49. The molecule has 0 bridgehead atoms. The smallest absolute Gasteiger partial charge is 0.0544 e. The Labute approximate surface area is 211 Å². The highest BCUT2D eigenvalue weighted by molar-refractivity contribution is 6.03. The molecule has 0 saturated carbocycles. The van der Waals surface area contributed by atoms with Gasteiger partial charge in [-0.25, -0.2) is 0 Å². The Kier molecular flexibility index (Phi) is 4.96. The Balaban J connectivity index is 1.31. The van der Waals surface area contributed by atoms with Crippen LogP contribution in [0.3, 0.4) is 0 Å². The van der Waals surface area contributed by atoms with Gasteiger partial charge < -0.3 is 9.88 Å². The van der Waals surface area contributed by atoms with Crippen LogP contribution in [0.2, 0.25) is 0 Å². The number of nitrogens with zero attached hydrogens (tertiary/aromatic N) is 1. The maximum Gasteiger partial charge on any atom is 0.0544 e. The van der Waals surface area contributed by atoms with E-state index in [0.29, 0.717) is 0 Å². The molecule has 0 spiro atoms. The molecule has 0 radical (unpaired) electrons. The van der Waals surface area contributed by atoms with E-state index in [1.54, 1.807) is 0 Å². The minimum absolute atomic E-state index is 0.982. The molecule has 5 aromatic carbocycles. The van der Waals surface area contributed by atoms with Crippen molar-refractivity contribution in [1.29, 1.82) is 0 Å². The first-order valence-corrected chi connectivity index (χ1v) is 12.6. The predicted molar refractivity (Wildman–Crippen MR) is 153 cm³/mol. The van der Waals surface area contributed by atoms with Crippen LogP contribution in [0.25, 0.3) is 44.6 Å². The molecule has 0 fully saturated rings. The molecule has 2 heteroatoms. The molecule has 1 aliphatic carbocycles. The first-order chi connectivity index (χ1) is 17.8. The first kappa shape index (κ1) is 20.8. The van der Waals surface area contributed by atoms with Gasteiger partial charge in [-0.15, -0.1) is 0 Å². The number of nitrogens with one attached hydrogen (secondary N) is 1. The lowest BCUT2D eigenvalue weighted by atomic mass is 9.98. The summed E-state index contributed by atoms with van der Waals surface area (Å²) in [6, 6.07) is 43.4. The van der Waals surface area contributed by atoms with Crippen LogP contribution in [0, 0.1) is 0 Å². The van der Waals surface area contributed by atoms with Crippen LogP contribution in [-0.4, -0.2) is 4.57 Å². The van der Waals surface area contributed by atoms with Crippen LogP contribution in [0.5, 0.6) is 0 Å². The molecule has 0 amide bonds. The van der Waals surface area contributed by atoms with E-state index in [0.717, 1.165) is 18.5 Å². The van der Waals surface area contributed by atoms with Crippen molar-refractivity contribution in [3.63, 3.8) is 0 Å². The molecule has 1 N–H and O–H groups in total. The van der Waals surface area contributed by atoms with Gasteiger partial charge in [0.25, 0.3) is 0 Å². The van der Waals surface area contributed by atoms with Gasteiger partial charge in [-0.2, -0.15) is 0 Å². The molecule has 36 heavy (non-hydrogen) atoms. The second kappa shape index (κ2) is 8.58. The Hall–Kier alpha value is -4.56. The van der Waals surface area contributed by atoms with Crippen LogP contribution >= 0.6 is 0 Å². The zero-order valence-corrected chi connectivity index (χ0v) is 20.0. The minimum atomic E-state index is 0.982. The number of rotatable bonds is 4. The molecular weight excluding hydrogens is 436 g/mol. The van der Waals surface area contributed by atoms with Crippen molar-refractivity contribution in [3.05, 3.63) is 138 Å². The number of allylic oxidation sites excluding steroid dienone is 1. The highest BCUT2D eigenvalue weighted by Crippen LogP contribution is 2.38. The molecule has 7 rings (SSSR count). The summed E-state index contributed by atoms with van der Waals surface area (Å²) in [6.45, 7) is 0. The van der Waals surface area contributed by atoms with E-state index in [-0.39, 0.29) is 0 Å². The van der Waals surface area contributed by atoms with Gasteiger partial charge in [-0.3, -0.25) is 0 Å². The average Bonchev–Trinajstić information content (AvgIpc) is 3.25. The van der Waals surface area contributed by atoms with E-state index in [1.807, 2.05) is 0 Å². The quantitative estimate of drug-likeness (QED) is 0.277. The minimum Gasteiger partial charge on any atom is -0.359 e. The molecule has 0 saturated heterocycles. The Morgan fingerprint density at radius 3 is 1.97 bits per heavy atom. The summed E-state index contributed by atoms with van der Waals surface area (Å²) in [6.07, 6.45) is 4.34. The number of hydrogen-bond donors (Lipinski definition) is 1. The van der Waals surface area contributed by atoms with Gasteiger partial charge in [-0.05, 0) is 77.2 Å². The fourth-order valence-corrected chi connectivity index (χ4v) is 5.49. The second-order valence-electron chi connectivity index (χ2n) is 9.49. The summed E-state index contributed by atoms with van der Waals surface area (Å²) in [5.74, 6) is 0. The summed E-state index contributed by atoms with van der Waals surface area (Å²) >= 11 is 0. The summed E-state index contributed by atoms with van der Waals surface area (Å²) < 4.78 is 2.46.